The molecule has 1 aliphatic carbocycles. The first-order valence-corrected chi connectivity index (χ1v) is 10.9. The minimum absolute atomic E-state index is 0.150. The summed E-state index contributed by atoms with van der Waals surface area (Å²) in [5.74, 6) is 1.95. The van der Waals surface area contributed by atoms with Crippen molar-refractivity contribution in [2.45, 2.75) is 37.5 Å². The Balaban J connectivity index is 1.48. The van der Waals surface area contributed by atoms with Gasteiger partial charge in [0, 0.05) is 10.9 Å². The molecule has 0 amide bonds. The third-order valence-corrected chi connectivity index (χ3v) is 6.17. The first-order valence-electron chi connectivity index (χ1n) is 10.5. The number of benzene rings is 3. The van der Waals surface area contributed by atoms with E-state index in [9.17, 15) is 4.39 Å². The summed E-state index contributed by atoms with van der Waals surface area (Å²) < 4.78 is 20.1. The molecule has 0 spiro atoms. The maximum atomic E-state index is 14.3. The molecule has 30 heavy (non-hydrogen) atoms. The summed E-state index contributed by atoms with van der Waals surface area (Å²) in [5, 5.41) is 0.773. The number of para-hydroxylation sites is 1. The fourth-order valence-corrected chi connectivity index (χ4v) is 4.23. The van der Waals surface area contributed by atoms with Crippen molar-refractivity contribution in [1.82, 2.24) is 0 Å². The van der Waals surface area contributed by atoms with Crippen LogP contribution >= 0.6 is 11.6 Å². The Morgan fingerprint density at radius 3 is 2.33 bits per heavy atom. The number of allylic oxidation sites excluding steroid dienone is 1. The average molecular weight is 421 g/mol. The molecule has 3 heteroatoms. The molecular formula is C27H26ClFO. The molecule has 0 radical (unpaired) electrons. The smallest absolute Gasteiger partial charge is 0.165 e. The van der Waals surface area contributed by atoms with Gasteiger partial charge in [0.15, 0.2) is 11.6 Å². The van der Waals surface area contributed by atoms with Gasteiger partial charge in [-0.25, -0.2) is 4.39 Å². The summed E-state index contributed by atoms with van der Waals surface area (Å²) in [6, 6.07) is 22.7. The summed E-state index contributed by atoms with van der Waals surface area (Å²) >= 11 is 6.07. The van der Waals surface area contributed by atoms with Crippen LogP contribution in [0.1, 0.15) is 48.6 Å². The van der Waals surface area contributed by atoms with Gasteiger partial charge < -0.3 is 4.74 Å². The lowest BCUT2D eigenvalue weighted by molar-refractivity contribution is 0.440. The summed E-state index contributed by atoms with van der Waals surface area (Å²) in [7, 11) is 0. The van der Waals surface area contributed by atoms with Crippen molar-refractivity contribution < 1.29 is 9.13 Å². The standard InChI is InChI=1S/C27H26ClFO/c1-2-19(12-16-25(20-8-9-20)21-10-14-23(28)15-11-21)22-13-17-26(29)27(18-22)30-24-6-4-3-5-7-24/h2-7,10-11,13-15,17-20,25H,1,8-9,12,16H2. The van der Waals surface area contributed by atoms with E-state index in [0.717, 1.165) is 29.3 Å². The van der Waals surface area contributed by atoms with E-state index in [1.807, 2.05) is 60.7 Å². The van der Waals surface area contributed by atoms with Crippen LogP contribution in [-0.4, -0.2) is 0 Å². The van der Waals surface area contributed by atoms with E-state index in [-0.39, 0.29) is 17.5 Å². The zero-order chi connectivity index (χ0) is 20.9. The van der Waals surface area contributed by atoms with Crippen molar-refractivity contribution >= 4 is 11.6 Å². The third-order valence-electron chi connectivity index (χ3n) is 5.92. The molecular weight excluding hydrogens is 395 g/mol. The summed E-state index contributed by atoms with van der Waals surface area (Å²) in [5.41, 5.74) is 2.39. The Morgan fingerprint density at radius 2 is 1.67 bits per heavy atom. The van der Waals surface area contributed by atoms with Gasteiger partial charge in [0.2, 0.25) is 0 Å². The molecule has 4 rings (SSSR count). The van der Waals surface area contributed by atoms with E-state index in [0.29, 0.717) is 11.7 Å². The van der Waals surface area contributed by atoms with Gasteiger partial charge in [0.25, 0.3) is 0 Å². The molecule has 3 aromatic carbocycles. The van der Waals surface area contributed by atoms with Crippen molar-refractivity contribution in [3.8, 4) is 11.5 Å². The second-order valence-electron chi connectivity index (χ2n) is 8.02. The van der Waals surface area contributed by atoms with Crippen LogP contribution in [0.4, 0.5) is 4.39 Å². The molecule has 0 heterocycles. The number of hydrogen-bond acceptors (Lipinski definition) is 1. The van der Waals surface area contributed by atoms with Gasteiger partial charge in [-0.2, -0.15) is 0 Å². The van der Waals surface area contributed by atoms with E-state index < -0.39 is 0 Å². The highest BCUT2D eigenvalue weighted by Gasteiger charge is 2.32. The predicted molar refractivity (Wildman–Crippen MR) is 122 cm³/mol. The molecule has 0 aromatic heterocycles. The fourth-order valence-electron chi connectivity index (χ4n) is 4.11. The van der Waals surface area contributed by atoms with Gasteiger partial charge in [0.05, 0.1) is 0 Å². The minimum atomic E-state index is -0.359. The summed E-state index contributed by atoms with van der Waals surface area (Å²) in [4.78, 5) is 0. The highest BCUT2D eigenvalue weighted by Crippen LogP contribution is 2.46. The Morgan fingerprint density at radius 1 is 0.967 bits per heavy atom. The highest BCUT2D eigenvalue weighted by molar-refractivity contribution is 6.30. The van der Waals surface area contributed by atoms with Crippen molar-refractivity contribution in [2.24, 2.45) is 5.92 Å². The highest BCUT2D eigenvalue weighted by atomic mass is 35.5. The van der Waals surface area contributed by atoms with E-state index in [4.69, 9.17) is 16.3 Å². The van der Waals surface area contributed by atoms with Gasteiger partial charge in [-0.15, -0.1) is 6.58 Å². The number of rotatable bonds is 9. The molecule has 3 aromatic rings. The van der Waals surface area contributed by atoms with Crippen LogP contribution in [0.3, 0.4) is 0 Å². The monoisotopic (exact) mass is 420 g/mol. The molecule has 1 aliphatic rings. The number of ether oxygens (including phenoxy) is 1. The Labute approximate surface area is 183 Å². The van der Waals surface area contributed by atoms with Crippen molar-refractivity contribution in [3.63, 3.8) is 0 Å². The Hall–Kier alpha value is -2.58. The van der Waals surface area contributed by atoms with Crippen LogP contribution in [0.5, 0.6) is 11.5 Å². The largest absolute Gasteiger partial charge is 0.454 e. The van der Waals surface area contributed by atoms with Gasteiger partial charge >= 0.3 is 0 Å². The minimum Gasteiger partial charge on any atom is -0.454 e. The van der Waals surface area contributed by atoms with Crippen molar-refractivity contribution in [1.29, 1.82) is 0 Å². The predicted octanol–water partition coefficient (Wildman–Crippen LogP) is 8.52. The van der Waals surface area contributed by atoms with Crippen LogP contribution in [0.25, 0.3) is 0 Å². The van der Waals surface area contributed by atoms with Gasteiger partial charge in [0.1, 0.15) is 5.75 Å². The normalized spacial score (nSPS) is 15.4. The number of hydrogen-bond donors (Lipinski definition) is 0. The summed E-state index contributed by atoms with van der Waals surface area (Å²) in [6.07, 6.45) is 6.57. The van der Waals surface area contributed by atoms with E-state index in [1.54, 1.807) is 0 Å². The molecule has 0 N–H and O–H groups in total. The molecule has 2 unspecified atom stereocenters. The fraction of sp³-hybridized carbons (Fsp3) is 0.259. The zero-order valence-corrected chi connectivity index (χ0v) is 17.7. The lowest BCUT2D eigenvalue weighted by Gasteiger charge is -2.21. The topological polar surface area (TPSA) is 9.23 Å². The van der Waals surface area contributed by atoms with Crippen LogP contribution in [0, 0.1) is 11.7 Å². The van der Waals surface area contributed by atoms with Crippen LogP contribution in [0.15, 0.2) is 85.5 Å². The second kappa shape index (κ2) is 9.49. The molecule has 2 atom stereocenters. The Kier molecular flexibility index (Phi) is 6.54. The molecule has 154 valence electrons. The lowest BCUT2D eigenvalue weighted by atomic mass is 9.85. The third kappa shape index (κ3) is 5.12. The Bertz CT molecular complexity index is 980. The maximum Gasteiger partial charge on any atom is 0.165 e. The van der Waals surface area contributed by atoms with Crippen molar-refractivity contribution in [3.05, 3.63) is 107 Å². The van der Waals surface area contributed by atoms with Gasteiger partial charge in [-0.05, 0) is 85.0 Å². The number of halogens is 2. The lowest BCUT2D eigenvalue weighted by Crippen LogP contribution is -2.05. The molecule has 1 nitrogen and oxygen atoms in total. The maximum absolute atomic E-state index is 14.3. The van der Waals surface area contributed by atoms with Gasteiger partial charge in [-0.3, -0.25) is 0 Å². The molecule has 1 fully saturated rings. The zero-order valence-electron chi connectivity index (χ0n) is 16.9. The molecule has 0 saturated heterocycles. The van der Waals surface area contributed by atoms with E-state index in [1.165, 1.54) is 24.5 Å². The summed E-state index contributed by atoms with van der Waals surface area (Å²) in [6.45, 7) is 4.04. The first-order chi connectivity index (χ1) is 14.6. The van der Waals surface area contributed by atoms with Gasteiger partial charge in [-0.1, -0.05) is 54.1 Å². The SMILES string of the molecule is C=CC(CCC(c1ccc(Cl)cc1)C1CC1)c1ccc(F)c(Oc2ccccc2)c1. The average Bonchev–Trinajstić information content (AvgIpc) is 3.60. The second-order valence-corrected chi connectivity index (χ2v) is 8.46. The van der Waals surface area contributed by atoms with Crippen LogP contribution < -0.4 is 4.74 Å². The first kappa shape index (κ1) is 20.7. The van der Waals surface area contributed by atoms with Crippen LogP contribution in [-0.2, 0) is 0 Å². The van der Waals surface area contributed by atoms with Crippen molar-refractivity contribution in [2.75, 3.05) is 0 Å². The molecule has 1 saturated carbocycles. The van der Waals surface area contributed by atoms with Crippen LogP contribution in [0.2, 0.25) is 5.02 Å². The molecule has 0 bridgehead atoms. The molecule has 0 aliphatic heterocycles. The van der Waals surface area contributed by atoms with E-state index >= 15 is 0 Å². The van der Waals surface area contributed by atoms with E-state index in [2.05, 4.69) is 18.7 Å². The quantitative estimate of drug-likeness (QED) is 0.315.